The number of nitrogen functional groups attached to an aromatic ring is 1. The summed E-state index contributed by atoms with van der Waals surface area (Å²) in [6.07, 6.45) is 1.37. The van der Waals surface area contributed by atoms with E-state index in [9.17, 15) is 0 Å². The van der Waals surface area contributed by atoms with E-state index in [0.717, 1.165) is 11.3 Å². The van der Waals surface area contributed by atoms with E-state index < -0.39 is 0 Å². The molecule has 3 rings (SSSR count). The van der Waals surface area contributed by atoms with Gasteiger partial charge in [-0.3, -0.25) is 0 Å². The first-order chi connectivity index (χ1) is 9.59. The fourth-order valence-electron chi connectivity index (χ4n) is 2.10. The molecule has 20 heavy (non-hydrogen) atoms. The van der Waals surface area contributed by atoms with Crippen molar-refractivity contribution < 1.29 is 0 Å². The summed E-state index contributed by atoms with van der Waals surface area (Å²) in [4.78, 5) is 9.93. The molecular weight excluding hydrogens is 319 g/mol. The number of nitrogens with two attached hydrogens (primary N) is 1. The number of anilines is 3. The second-order valence-corrected chi connectivity index (χ2v) is 5.42. The summed E-state index contributed by atoms with van der Waals surface area (Å²) in [5.74, 6) is 0.514. The van der Waals surface area contributed by atoms with Crippen LogP contribution in [0, 0.1) is 0 Å². The standard InChI is InChI=1S/C13H9Cl3N4/c14-8-5-20(13-11(17)12(16)18-6-19-13)9-4-2-1-3-7(9)10(8)15/h1-4,6H,5,17H2. The number of para-hydroxylation sites is 1. The largest absolute Gasteiger partial charge is 0.393 e. The molecule has 2 aromatic rings. The van der Waals surface area contributed by atoms with Crippen LogP contribution in [0.4, 0.5) is 17.2 Å². The summed E-state index contributed by atoms with van der Waals surface area (Å²) in [5, 5.41) is 1.28. The van der Waals surface area contributed by atoms with Crippen molar-refractivity contribution in [2.45, 2.75) is 0 Å². The molecule has 0 unspecified atom stereocenters. The number of nitrogens with zero attached hydrogens (tertiary/aromatic N) is 3. The maximum Gasteiger partial charge on any atom is 0.161 e. The van der Waals surface area contributed by atoms with Crippen molar-refractivity contribution in [3.63, 3.8) is 0 Å². The predicted octanol–water partition coefficient (Wildman–Crippen LogP) is 4.01. The molecule has 2 heterocycles. The van der Waals surface area contributed by atoms with Gasteiger partial charge in [0.05, 0.1) is 22.3 Å². The van der Waals surface area contributed by atoms with E-state index in [2.05, 4.69) is 9.97 Å². The lowest BCUT2D eigenvalue weighted by Gasteiger charge is -2.30. The molecule has 102 valence electrons. The Balaban J connectivity index is 2.20. The molecule has 1 aromatic carbocycles. The number of hydrogen-bond acceptors (Lipinski definition) is 4. The first-order valence-electron chi connectivity index (χ1n) is 5.76. The summed E-state index contributed by atoms with van der Waals surface area (Å²) in [6, 6.07) is 7.63. The fraction of sp³-hybridized carbons (Fsp3) is 0.0769. The van der Waals surface area contributed by atoms with Crippen LogP contribution in [0.3, 0.4) is 0 Å². The van der Waals surface area contributed by atoms with Crippen molar-refractivity contribution in [1.82, 2.24) is 9.97 Å². The SMILES string of the molecule is Nc1c(Cl)ncnc1N1CC(Cl)=C(Cl)c2ccccc21. The molecule has 0 saturated carbocycles. The van der Waals surface area contributed by atoms with Crippen molar-refractivity contribution in [2.24, 2.45) is 0 Å². The quantitative estimate of drug-likeness (QED) is 0.804. The monoisotopic (exact) mass is 326 g/mol. The molecule has 0 saturated heterocycles. The van der Waals surface area contributed by atoms with Gasteiger partial charge in [-0.25, -0.2) is 9.97 Å². The molecule has 0 radical (unpaired) electrons. The zero-order valence-corrected chi connectivity index (χ0v) is 12.4. The van der Waals surface area contributed by atoms with Crippen molar-refractivity contribution in [3.05, 3.63) is 46.3 Å². The molecule has 7 heteroatoms. The van der Waals surface area contributed by atoms with Gasteiger partial charge in [-0.15, -0.1) is 0 Å². The maximum atomic E-state index is 6.25. The molecule has 2 N–H and O–H groups in total. The van der Waals surface area contributed by atoms with Crippen LogP contribution < -0.4 is 10.6 Å². The second kappa shape index (κ2) is 5.13. The maximum absolute atomic E-state index is 6.25. The Kier molecular flexibility index (Phi) is 3.46. The summed E-state index contributed by atoms with van der Waals surface area (Å²) < 4.78 is 0. The van der Waals surface area contributed by atoms with Gasteiger partial charge in [0.2, 0.25) is 0 Å². The van der Waals surface area contributed by atoms with Crippen LogP contribution in [-0.4, -0.2) is 16.5 Å². The third-order valence-corrected chi connectivity index (χ3v) is 4.17. The van der Waals surface area contributed by atoms with Crippen LogP contribution in [0.25, 0.3) is 5.03 Å². The van der Waals surface area contributed by atoms with E-state index in [0.29, 0.717) is 28.1 Å². The van der Waals surface area contributed by atoms with Gasteiger partial charge in [0.15, 0.2) is 11.0 Å². The smallest absolute Gasteiger partial charge is 0.161 e. The van der Waals surface area contributed by atoms with Crippen LogP contribution in [0.5, 0.6) is 0 Å². The number of halogens is 3. The number of rotatable bonds is 1. The van der Waals surface area contributed by atoms with Crippen LogP contribution in [-0.2, 0) is 0 Å². The normalized spacial score (nSPS) is 14.4. The molecule has 0 bridgehead atoms. The highest BCUT2D eigenvalue weighted by molar-refractivity contribution is 6.55. The average molecular weight is 328 g/mol. The van der Waals surface area contributed by atoms with Crippen molar-refractivity contribution in [1.29, 1.82) is 0 Å². The van der Waals surface area contributed by atoms with E-state index in [4.69, 9.17) is 40.5 Å². The highest BCUT2D eigenvalue weighted by atomic mass is 35.5. The predicted molar refractivity (Wildman–Crippen MR) is 83.5 cm³/mol. The average Bonchev–Trinajstić information content (AvgIpc) is 2.46. The molecule has 1 aromatic heterocycles. The summed E-state index contributed by atoms with van der Waals surface area (Å²) >= 11 is 18.4. The lowest BCUT2D eigenvalue weighted by atomic mass is 10.1. The van der Waals surface area contributed by atoms with Gasteiger partial charge in [-0.1, -0.05) is 53.0 Å². The minimum atomic E-state index is 0.212. The second-order valence-electron chi connectivity index (χ2n) is 4.22. The van der Waals surface area contributed by atoms with E-state index in [-0.39, 0.29) is 5.15 Å². The molecular formula is C13H9Cl3N4. The lowest BCUT2D eigenvalue weighted by Crippen LogP contribution is -2.25. The lowest BCUT2D eigenvalue weighted by molar-refractivity contribution is 1.01. The molecule has 1 aliphatic rings. The Hall–Kier alpha value is -1.49. The first-order valence-corrected chi connectivity index (χ1v) is 6.90. The number of benzene rings is 1. The minimum absolute atomic E-state index is 0.212. The zero-order chi connectivity index (χ0) is 14.3. The zero-order valence-electron chi connectivity index (χ0n) is 10.1. The first kappa shape index (κ1) is 13.5. The highest BCUT2D eigenvalue weighted by Crippen LogP contribution is 2.43. The van der Waals surface area contributed by atoms with Gasteiger partial charge < -0.3 is 10.6 Å². The van der Waals surface area contributed by atoms with Crippen LogP contribution in [0.15, 0.2) is 35.6 Å². The third-order valence-electron chi connectivity index (χ3n) is 3.04. The van der Waals surface area contributed by atoms with Crippen molar-refractivity contribution >= 4 is 57.0 Å². The Morgan fingerprint density at radius 1 is 1.10 bits per heavy atom. The fourth-order valence-corrected chi connectivity index (χ4v) is 2.67. The Morgan fingerprint density at radius 3 is 2.65 bits per heavy atom. The Bertz CT molecular complexity index is 715. The van der Waals surface area contributed by atoms with Crippen LogP contribution in [0.2, 0.25) is 5.15 Å². The van der Waals surface area contributed by atoms with E-state index >= 15 is 0 Å². The Labute approximate surface area is 130 Å². The number of hydrogen-bond donors (Lipinski definition) is 1. The topological polar surface area (TPSA) is 55.0 Å². The van der Waals surface area contributed by atoms with Crippen LogP contribution in [0.1, 0.15) is 5.56 Å². The van der Waals surface area contributed by atoms with Gasteiger partial charge in [0.1, 0.15) is 12.0 Å². The summed E-state index contributed by atoms with van der Waals surface area (Å²) in [7, 11) is 0. The van der Waals surface area contributed by atoms with Gasteiger partial charge in [0, 0.05) is 5.56 Å². The summed E-state index contributed by atoms with van der Waals surface area (Å²) in [5.41, 5.74) is 7.98. The molecule has 0 spiro atoms. The van der Waals surface area contributed by atoms with Gasteiger partial charge >= 0.3 is 0 Å². The summed E-state index contributed by atoms with van der Waals surface area (Å²) in [6.45, 7) is 0.384. The highest BCUT2D eigenvalue weighted by Gasteiger charge is 2.26. The van der Waals surface area contributed by atoms with Gasteiger partial charge in [0.25, 0.3) is 0 Å². The van der Waals surface area contributed by atoms with Crippen molar-refractivity contribution in [3.8, 4) is 0 Å². The molecule has 1 aliphatic heterocycles. The molecule has 0 amide bonds. The van der Waals surface area contributed by atoms with E-state index in [1.165, 1.54) is 6.33 Å². The molecule has 0 fully saturated rings. The van der Waals surface area contributed by atoms with Gasteiger partial charge in [-0.2, -0.15) is 0 Å². The number of fused-ring (bicyclic) bond motifs is 1. The van der Waals surface area contributed by atoms with E-state index in [1.54, 1.807) is 0 Å². The Morgan fingerprint density at radius 2 is 1.85 bits per heavy atom. The third kappa shape index (κ3) is 2.10. The van der Waals surface area contributed by atoms with Crippen LogP contribution >= 0.6 is 34.8 Å². The molecule has 0 aliphatic carbocycles. The van der Waals surface area contributed by atoms with Gasteiger partial charge in [-0.05, 0) is 6.07 Å². The molecule has 0 atom stereocenters. The van der Waals surface area contributed by atoms with Crippen molar-refractivity contribution in [2.75, 3.05) is 17.2 Å². The molecule has 4 nitrogen and oxygen atoms in total. The number of aromatic nitrogens is 2. The van der Waals surface area contributed by atoms with E-state index in [1.807, 2.05) is 29.2 Å². The minimum Gasteiger partial charge on any atom is -0.393 e.